The Morgan fingerprint density at radius 3 is 2.45 bits per heavy atom. The third kappa shape index (κ3) is 3.82. The second kappa shape index (κ2) is 8.04. The second-order valence-corrected chi connectivity index (χ2v) is 7.88. The molecule has 1 aliphatic heterocycles. The highest BCUT2D eigenvalue weighted by molar-refractivity contribution is 6.30. The third-order valence-electron chi connectivity index (χ3n) is 5.41. The standard InChI is InChI=1S/C20H25ClN6O2/c1-3-8-27-16-17(24(2)20(29)23-18(16)28)22-19(27)26-11-9-25(10-12-26)13-14-4-6-15(21)7-5-14/h4-7H,3,8-13H2,1-2H3,(H,23,28,29). The molecule has 2 aromatic heterocycles. The number of hydrogen-bond donors (Lipinski definition) is 1. The van der Waals surface area contributed by atoms with Gasteiger partial charge in [-0.1, -0.05) is 30.7 Å². The van der Waals surface area contributed by atoms with Gasteiger partial charge in [0.05, 0.1) is 0 Å². The van der Waals surface area contributed by atoms with Gasteiger partial charge in [0.15, 0.2) is 11.2 Å². The summed E-state index contributed by atoms with van der Waals surface area (Å²) in [5, 5.41) is 0.748. The molecule has 3 aromatic rings. The van der Waals surface area contributed by atoms with Crippen LogP contribution in [0.15, 0.2) is 33.9 Å². The Bertz CT molecular complexity index is 1120. The zero-order chi connectivity index (χ0) is 20.5. The quantitative estimate of drug-likeness (QED) is 0.686. The Hall–Kier alpha value is -2.58. The van der Waals surface area contributed by atoms with Crippen LogP contribution in [0, 0.1) is 0 Å². The number of anilines is 1. The summed E-state index contributed by atoms with van der Waals surface area (Å²) in [5.41, 5.74) is 1.32. The molecular weight excluding hydrogens is 392 g/mol. The number of aryl methyl sites for hydroxylation is 2. The summed E-state index contributed by atoms with van der Waals surface area (Å²) < 4.78 is 3.35. The molecule has 8 nitrogen and oxygen atoms in total. The molecule has 0 radical (unpaired) electrons. The van der Waals surface area contributed by atoms with Crippen molar-refractivity contribution in [3.8, 4) is 0 Å². The molecule has 154 valence electrons. The summed E-state index contributed by atoms with van der Waals surface area (Å²) >= 11 is 5.97. The van der Waals surface area contributed by atoms with Crippen LogP contribution in [0.4, 0.5) is 5.95 Å². The lowest BCUT2D eigenvalue weighted by atomic mass is 10.2. The molecular formula is C20H25ClN6O2. The van der Waals surface area contributed by atoms with Crippen molar-refractivity contribution >= 4 is 28.7 Å². The van der Waals surface area contributed by atoms with E-state index in [-0.39, 0.29) is 5.56 Å². The van der Waals surface area contributed by atoms with Crippen molar-refractivity contribution in [2.45, 2.75) is 26.4 Å². The number of aromatic amines is 1. The first-order valence-electron chi connectivity index (χ1n) is 9.89. The normalized spacial score (nSPS) is 15.3. The van der Waals surface area contributed by atoms with E-state index in [1.54, 1.807) is 7.05 Å². The smallest absolute Gasteiger partial charge is 0.329 e. The third-order valence-corrected chi connectivity index (χ3v) is 5.66. The Morgan fingerprint density at radius 1 is 1.10 bits per heavy atom. The van der Waals surface area contributed by atoms with E-state index in [1.807, 2.05) is 16.7 Å². The Morgan fingerprint density at radius 2 is 1.79 bits per heavy atom. The number of aromatic nitrogens is 4. The molecule has 0 amide bonds. The molecule has 1 fully saturated rings. The predicted molar refractivity (Wildman–Crippen MR) is 115 cm³/mol. The van der Waals surface area contributed by atoms with Crippen LogP contribution < -0.4 is 16.1 Å². The summed E-state index contributed by atoms with van der Waals surface area (Å²) in [4.78, 5) is 36.1. The van der Waals surface area contributed by atoms with Crippen molar-refractivity contribution < 1.29 is 0 Å². The van der Waals surface area contributed by atoms with Crippen LogP contribution in [0.5, 0.6) is 0 Å². The predicted octanol–water partition coefficient (Wildman–Crippen LogP) is 1.81. The van der Waals surface area contributed by atoms with Gasteiger partial charge in [0.25, 0.3) is 5.56 Å². The van der Waals surface area contributed by atoms with Crippen LogP contribution in [-0.2, 0) is 20.1 Å². The van der Waals surface area contributed by atoms with E-state index < -0.39 is 5.69 Å². The summed E-state index contributed by atoms with van der Waals surface area (Å²) in [6.07, 6.45) is 0.872. The average Bonchev–Trinajstić information content (AvgIpc) is 3.09. The lowest BCUT2D eigenvalue weighted by Crippen LogP contribution is -2.46. The van der Waals surface area contributed by atoms with Crippen LogP contribution in [0.25, 0.3) is 11.2 Å². The van der Waals surface area contributed by atoms with E-state index in [0.717, 1.165) is 50.1 Å². The summed E-state index contributed by atoms with van der Waals surface area (Å²) in [5.74, 6) is 0.764. The topological polar surface area (TPSA) is 79.2 Å². The van der Waals surface area contributed by atoms with Crippen LogP contribution in [0.2, 0.25) is 5.02 Å². The molecule has 1 aliphatic rings. The van der Waals surface area contributed by atoms with E-state index in [0.29, 0.717) is 17.7 Å². The largest absolute Gasteiger partial charge is 0.340 e. The van der Waals surface area contributed by atoms with Gasteiger partial charge in [0.1, 0.15) is 0 Å². The molecule has 1 saturated heterocycles. The van der Waals surface area contributed by atoms with E-state index in [2.05, 4.69) is 33.8 Å². The minimum Gasteiger partial charge on any atom is -0.340 e. The van der Waals surface area contributed by atoms with Gasteiger partial charge in [-0.15, -0.1) is 0 Å². The van der Waals surface area contributed by atoms with Crippen molar-refractivity contribution in [2.24, 2.45) is 7.05 Å². The SMILES string of the molecule is CCCn1c(N2CCN(Cc3ccc(Cl)cc3)CC2)nc2c1c(=O)[nH]c(=O)n2C. The number of fused-ring (bicyclic) bond motifs is 1. The highest BCUT2D eigenvalue weighted by Crippen LogP contribution is 2.22. The number of halogens is 1. The zero-order valence-electron chi connectivity index (χ0n) is 16.7. The number of imidazole rings is 1. The van der Waals surface area contributed by atoms with E-state index in [1.165, 1.54) is 10.1 Å². The zero-order valence-corrected chi connectivity index (χ0v) is 17.4. The number of nitrogens with zero attached hydrogens (tertiary/aromatic N) is 5. The van der Waals surface area contributed by atoms with E-state index >= 15 is 0 Å². The molecule has 0 atom stereocenters. The fourth-order valence-electron chi connectivity index (χ4n) is 3.85. The Balaban J connectivity index is 1.58. The van der Waals surface area contributed by atoms with Gasteiger partial charge in [0, 0.05) is 51.3 Å². The van der Waals surface area contributed by atoms with Gasteiger partial charge < -0.3 is 9.47 Å². The van der Waals surface area contributed by atoms with Gasteiger partial charge >= 0.3 is 5.69 Å². The van der Waals surface area contributed by atoms with Gasteiger partial charge in [-0.2, -0.15) is 4.98 Å². The number of hydrogen-bond acceptors (Lipinski definition) is 5. The lowest BCUT2D eigenvalue weighted by molar-refractivity contribution is 0.248. The van der Waals surface area contributed by atoms with Crippen LogP contribution in [-0.4, -0.2) is 50.2 Å². The average molecular weight is 417 g/mol. The first kappa shape index (κ1) is 19.7. The Labute approximate surface area is 173 Å². The first-order valence-corrected chi connectivity index (χ1v) is 10.3. The van der Waals surface area contributed by atoms with Crippen molar-refractivity contribution in [3.05, 3.63) is 55.7 Å². The maximum absolute atomic E-state index is 12.5. The number of rotatable bonds is 5. The first-order chi connectivity index (χ1) is 14.0. The van der Waals surface area contributed by atoms with Crippen LogP contribution >= 0.6 is 11.6 Å². The maximum Gasteiger partial charge on any atom is 0.329 e. The van der Waals surface area contributed by atoms with Crippen LogP contribution in [0.3, 0.4) is 0 Å². The molecule has 4 rings (SSSR count). The van der Waals surface area contributed by atoms with Crippen LogP contribution in [0.1, 0.15) is 18.9 Å². The number of H-pyrrole nitrogens is 1. The number of piperazine rings is 1. The van der Waals surface area contributed by atoms with Gasteiger partial charge in [0.2, 0.25) is 5.95 Å². The highest BCUT2D eigenvalue weighted by atomic mass is 35.5. The summed E-state index contributed by atoms with van der Waals surface area (Å²) in [7, 11) is 1.64. The summed E-state index contributed by atoms with van der Waals surface area (Å²) in [6.45, 7) is 7.04. The van der Waals surface area contributed by atoms with E-state index in [9.17, 15) is 9.59 Å². The van der Waals surface area contributed by atoms with Gasteiger partial charge in [-0.3, -0.25) is 19.2 Å². The number of nitrogens with one attached hydrogen (secondary N) is 1. The van der Waals surface area contributed by atoms with E-state index in [4.69, 9.17) is 16.6 Å². The number of benzene rings is 1. The highest BCUT2D eigenvalue weighted by Gasteiger charge is 2.24. The molecule has 0 unspecified atom stereocenters. The second-order valence-electron chi connectivity index (χ2n) is 7.44. The fourth-order valence-corrected chi connectivity index (χ4v) is 3.98. The molecule has 3 heterocycles. The van der Waals surface area contributed by atoms with Gasteiger partial charge in [-0.05, 0) is 24.1 Å². The van der Waals surface area contributed by atoms with Gasteiger partial charge in [-0.25, -0.2) is 4.79 Å². The molecule has 0 spiro atoms. The minimum absolute atomic E-state index is 0.378. The maximum atomic E-state index is 12.5. The molecule has 0 saturated carbocycles. The Kier molecular flexibility index (Phi) is 5.47. The molecule has 0 aliphatic carbocycles. The van der Waals surface area contributed by atoms with Crippen molar-refractivity contribution in [3.63, 3.8) is 0 Å². The fraction of sp³-hybridized carbons (Fsp3) is 0.450. The molecule has 0 bridgehead atoms. The van der Waals surface area contributed by atoms with Crippen molar-refractivity contribution in [2.75, 3.05) is 31.1 Å². The minimum atomic E-state index is -0.442. The van der Waals surface area contributed by atoms with Crippen molar-refractivity contribution in [1.82, 2.24) is 24.0 Å². The monoisotopic (exact) mass is 416 g/mol. The molecule has 1 aromatic carbocycles. The molecule has 29 heavy (non-hydrogen) atoms. The molecule has 1 N–H and O–H groups in total. The summed E-state index contributed by atoms with van der Waals surface area (Å²) in [6, 6.07) is 7.95. The lowest BCUT2D eigenvalue weighted by Gasteiger charge is -2.35. The molecule has 9 heteroatoms. The van der Waals surface area contributed by atoms with Crippen molar-refractivity contribution in [1.29, 1.82) is 0 Å².